The molecule has 0 saturated carbocycles. The maximum absolute atomic E-state index is 10.9. The van der Waals surface area contributed by atoms with Gasteiger partial charge in [-0.1, -0.05) is 11.6 Å². The molecule has 82 valence electrons. The van der Waals surface area contributed by atoms with Gasteiger partial charge in [0.05, 0.1) is 24.9 Å². The van der Waals surface area contributed by atoms with Crippen LogP contribution in [0.25, 0.3) is 0 Å². The number of carbonyl (C=O) groups is 1. The van der Waals surface area contributed by atoms with Crippen LogP contribution in [0.4, 0.5) is 5.69 Å². The number of nitrogens with two attached hydrogens (primary N) is 1. The fourth-order valence-corrected chi connectivity index (χ4v) is 1.52. The number of ether oxygens (including phenoxy) is 2. The van der Waals surface area contributed by atoms with Gasteiger partial charge in [0.15, 0.2) is 11.5 Å². The molecule has 1 rings (SSSR count). The average molecular weight is 232 g/mol. The lowest BCUT2D eigenvalue weighted by molar-refractivity contribution is 0.0693. The first-order valence-electron chi connectivity index (χ1n) is 3.96. The van der Waals surface area contributed by atoms with Crippen molar-refractivity contribution in [2.45, 2.75) is 0 Å². The van der Waals surface area contributed by atoms with Gasteiger partial charge >= 0.3 is 5.97 Å². The van der Waals surface area contributed by atoms with Gasteiger partial charge in [0.1, 0.15) is 5.56 Å². The van der Waals surface area contributed by atoms with E-state index in [4.69, 9.17) is 31.9 Å². The largest absolute Gasteiger partial charge is 0.492 e. The van der Waals surface area contributed by atoms with E-state index < -0.39 is 5.97 Å². The number of nitrogen functional groups attached to an aromatic ring is 1. The van der Waals surface area contributed by atoms with E-state index in [1.165, 1.54) is 20.3 Å². The van der Waals surface area contributed by atoms with Crippen LogP contribution in [-0.4, -0.2) is 25.3 Å². The Morgan fingerprint density at radius 1 is 1.40 bits per heavy atom. The number of halogens is 1. The van der Waals surface area contributed by atoms with E-state index in [-0.39, 0.29) is 27.8 Å². The summed E-state index contributed by atoms with van der Waals surface area (Å²) in [7, 11) is 2.69. The summed E-state index contributed by atoms with van der Waals surface area (Å²) >= 11 is 5.74. The van der Waals surface area contributed by atoms with Gasteiger partial charge < -0.3 is 20.3 Å². The summed E-state index contributed by atoms with van der Waals surface area (Å²) in [4.78, 5) is 10.9. The molecule has 0 saturated heterocycles. The number of carboxylic acids is 1. The first kappa shape index (κ1) is 11.5. The SMILES string of the molecule is COc1c(N)cc(Cl)c(C(=O)O)c1OC. The van der Waals surface area contributed by atoms with Crippen LogP contribution >= 0.6 is 11.6 Å². The van der Waals surface area contributed by atoms with Crippen molar-refractivity contribution in [3.63, 3.8) is 0 Å². The van der Waals surface area contributed by atoms with Crippen LogP contribution in [0.5, 0.6) is 11.5 Å². The van der Waals surface area contributed by atoms with E-state index in [0.29, 0.717) is 0 Å². The second kappa shape index (κ2) is 4.27. The second-order valence-corrected chi connectivity index (χ2v) is 3.10. The molecular formula is C9H10ClNO4. The van der Waals surface area contributed by atoms with Gasteiger partial charge in [-0.2, -0.15) is 0 Å². The maximum atomic E-state index is 10.9. The van der Waals surface area contributed by atoms with Crippen molar-refractivity contribution >= 4 is 23.3 Å². The average Bonchev–Trinajstić information content (AvgIpc) is 2.15. The van der Waals surface area contributed by atoms with Crippen LogP contribution < -0.4 is 15.2 Å². The number of methoxy groups -OCH3 is 2. The molecule has 0 amide bonds. The zero-order valence-electron chi connectivity index (χ0n) is 8.20. The summed E-state index contributed by atoms with van der Waals surface area (Å²) in [6, 6.07) is 1.31. The molecule has 0 heterocycles. The summed E-state index contributed by atoms with van der Waals surface area (Å²) in [6.45, 7) is 0. The molecule has 1 aromatic rings. The number of rotatable bonds is 3. The van der Waals surface area contributed by atoms with E-state index in [1.807, 2.05) is 0 Å². The molecule has 0 bridgehead atoms. The topological polar surface area (TPSA) is 81.8 Å². The van der Waals surface area contributed by atoms with Crippen LogP contribution in [-0.2, 0) is 0 Å². The zero-order chi connectivity index (χ0) is 11.6. The fraction of sp³-hybridized carbons (Fsp3) is 0.222. The summed E-state index contributed by atoms with van der Waals surface area (Å²) in [5.74, 6) is -1.01. The molecule has 3 N–H and O–H groups in total. The van der Waals surface area contributed by atoms with Crippen molar-refractivity contribution in [3.8, 4) is 11.5 Å². The summed E-state index contributed by atoms with van der Waals surface area (Å²) in [6.07, 6.45) is 0. The Kier molecular flexibility index (Phi) is 3.26. The van der Waals surface area contributed by atoms with Crippen molar-refractivity contribution < 1.29 is 19.4 Å². The Balaban J connectivity index is 3.56. The molecule has 5 nitrogen and oxygen atoms in total. The van der Waals surface area contributed by atoms with E-state index in [1.54, 1.807) is 0 Å². The van der Waals surface area contributed by atoms with Gasteiger partial charge in [-0.25, -0.2) is 4.79 Å². The Morgan fingerprint density at radius 2 is 1.93 bits per heavy atom. The van der Waals surface area contributed by atoms with E-state index in [9.17, 15) is 4.79 Å². The summed E-state index contributed by atoms with van der Waals surface area (Å²) in [5, 5.41) is 8.94. The first-order valence-corrected chi connectivity index (χ1v) is 4.34. The van der Waals surface area contributed by atoms with E-state index in [2.05, 4.69) is 0 Å². The lowest BCUT2D eigenvalue weighted by atomic mass is 10.1. The Morgan fingerprint density at radius 3 is 2.33 bits per heavy atom. The van der Waals surface area contributed by atoms with Crippen LogP contribution in [0.2, 0.25) is 5.02 Å². The number of anilines is 1. The third kappa shape index (κ3) is 1.92. The van der Waals surface area contributed by atoms with Crippen LogP contribution in [0.15, 0.2) is 6.07 Å². The lowest BCUT2D eigenvalue weighted by Gasteiger charge is -2.13. The van der Waals surface area contributed by atoms with Crippen molar-refractivity contribution in [2.75, 3.05) is 20.0 Å². The molecular weight excluding hydrogens is 222 g/mol. The van der Waals surface area contributed by atoms with Gasteiger partial charge in [-0.3, -0.25) is 0 Å². The Hall–Kier alpha value is -1.62. The molecule has 0 atom stereocenters. The van der Waals surface area contributed by atoms with Crippen molar-refractivity contribution in [1.29, 1.82) is 0 Å². The molecule has 0 radical (unpaired) electrons. The van der Waals surface area contributed by atoms with Crippen LogP contribution in [0.1, 0.15) is 10.4 Å². The molecule has 0 spiro atoms. The Bertz CT molecular complexity index is 406. The number of hydrogen-bond donors (Lipinski definition) is 2. The monoisotopic (exact) mass is 231 g/mol. The minimum atomic E-state index is -1.20. The van der Waals surface area contributed by atoms with E-state index >= 15 is 0 Å². The lowest BCUT2D eigenvalue weighted by Crippen LogP contribution is -2.05. The maximum Gasteiger partial charge on any atom is 0.341 e. The van der Waals surface area contributed by atoms with Crippen molar-refractivity contribution in [3.05, 3.63) is 16.7 Å². The predicted molar refractivity (Wildman–Crippen MR) is 55.9 cm³/mol. The third-order valence-corrected chi connectivity index (χ3v) is 2.14. The van der Waals surface area contributed by atoms with Crippen molar-refractivity contribution in [1.82, 2.24) is 0 Å². The highest BCUT2D eigenvalue weighted by Crippen LogP contribution is 2.40. The van der Waals surface area contributed by atoms with Gasteiger partial charge in [0.25, 0.3) is 0 Å². The zero-order valence-corrected chi connectivity index (χ0v) is 8.96. The highest BCUT2D eigenvalue weighted by Gasteiger charge is 2.22. The first-order chi connectivity index (χ1) is 7.02. The molecule has 1 aromatic carbocycles. The fourth-order valence-electron chi connectivity index (χ4n) is 1.23. The second-order valence-electron chi connectivity index (χ2n) is 2.69. The molecule has 0 aromatic heterocycles. The smallest absolute Gasteiger partial charge is 0.341 e. The molecule has 0 fully saturated rings. The number of carboxylic acid groups (broad SMARTS) is 1. The number of hydrogen-bond acceptors (Lipinski definition) is 4. The normalized spacial score (nSPS) is 9.80. The molecule has 0 unspecified atom stereocenters. The number of aromatic carboxylic acids is 1. The molecule has 0 aliphatic carbocycles. The molecule has 6 heteroatoms. The minimum absolute atomic E-state index is 0.0117. The third-order valence-electron chi connectivity index (χ3n) is 1.84. The summed E-state index contributed by atoms with van der Waals surface area (Å²) in [5.41, 5.74) is 5.66. The minimum Gasteiger partial charge on any atom is -0.492 e. The van der Waals surface area contributed by atoms with Crippen molar-refractivity contribution in [2.24, 2.45) is 0 Å². The number of benzene rings is 1. The van der Waals surface area contributed by atoms with Gasteiger partial charge in [-0.05, 0) is 6.07 Å². The molecule has 15 heavy (non-hydrogen) atoms. The highest BCUT2D eigenvalue weighted by atomic mass is 35.5. The summed E-state index contributed by atoms with van der Waals surface area (Å²) < 4.78 is 9.86. The predicted octanol–water partition coefficient (Wildman–Crippen LogP) is 1.64. The standard InChI is InChI=1S/C9H10ClNO4/c1-14-7-5(11)3-4(10)6(9(12)13)8(7)15-2/h3H,11H2,1-2H3,(H,12,13). The molecule has 0 aliphatic rings. The molecule has 0 aliphatic heterocycles. The quantitative estimate of drug-likeness (QED) is 0.773. The highest BCUT2D eigenvalue weighted by molar-refractivity contribution is 6.34. The van der Waals surface area contributed by atoms with Gasteiger partial charge in [-0.15, -0.1) is 0 Å². The van der Waals surface area contributed by atoms with Crippen LogP contribution in [0, 0.1) is 0 Å². The van der Waals surface area contributed by atoms with Crippen LogP contribution in [0.3, 0.4) is 0 Å². The van der Waals surface area contributed by atoms with E-state index in [0.717, 1.165) is 0 Å². The van der Waals surface area contributed by atoms with Gasteiger partial charge in [0.2, 0.25) is 0 Å². The van der Waals surface area contributed by atoms with Gasteiger partial charge in [0, 0.05) is 0 Å². The Labute approximate surface area is 91.4 Å².